The molecule has 0 heterocycles. The normalized spacial score (nSPS) is 35.0. The molecule has 4 nitrogen and oxygen atoms in total. The first kappa shape index (κ1) is 13.4. The van der Waals surface area contributed by atoms with E-state index in [-0.39, 0.29) is 40.9 Å². The molecule has 0 spiro atoms. The van der Waals surface area contributed by atoms with E-state index in [1.54, 1.807) is 6.07 Å². The lowest BCUT2D eigenvalue weighted by atomic mass is 9.85. The van der Waals surface area contributed by atoms with Crippen LogP contribution in [0.3, 0.4) is 0 Å². The fourth-order valence-corrected chi connectivity index (χ4v) is 4.15. The molecule has 3 aliphatic carbocycles. The van der Waals surface area contributed by atoms with E-state index < -0.39 is 17.6 Å². The van der Waals surface area contributed by atoms with Crippen molar-refractivity contribution in [2.75, 3.05) is 5.32 Å². The highest BCUT2D eigenvalue weighted by molar-refractivity contribution is 6.27. The van der Waals surface area contributed by atoms with E-state index in [1.807, 2.05) is 12.2 Å². The number of ketones is 2. The number of carbonyl (C=O) groups is 3. The van der Waals surface area contributed by atoms with Crippen molar-refractivity contribution >= 4 is 23.2 Å². The number of rotatable bonds is 2. The van der Waals surface area contributed by atoms with Gasteiger partial charge in [0.25, 0.3) is 0 Å². The molecule has 1 amide bonds. The van der Waals surface area contributed by atoms with Crippen LogP contribution in [0.15, 0.2) is 36.4 Å². The maximum Gasteiger partial charge on any atom is 0.242 e. The molecule has 22 heavy (non-hydrogen) atoms. The zero-order valence-electron chi connectivity index (χ0n) is 11.7. The van der Waals surface area contributed by atoms with Crippen molar-refractivity contribution in [1.82, 2.24) is 0 Å². The molecule has 1 aromatic carbocycles. The number of hydrogen-bond acceptors (Lipinski definition) is 3. The Morgan fingerprint density at radius 2 is 1.64 bits per heavy atom. The van der Waals surface area contributed by atoms with E-state index in [0.29, 0.717) is 0 Å². The Hall–Kier alpha value is -2.30. The van der Waals surface area contributed by atoms with E-state index in [4.69, 9.17) is 0 Å². The van der Waals surface area contributed by atoms with Crippen molar-refractivity contribution in [2.24, 2.45) is 29.6 Å². The monoisotopic (exact) mass is 299 g/mol. The van der Waals surface area contributed by atoms with Gasteiger partial charge in [-0.2, -0.15) is 0 Å². The highest BCUT2D eigenvalue weighted by atomic mass is 19.1. The van der Waals surface area contributed by atoms with Gasteiger partial charge < -0.3 is 5.32 Å². The van der Waals surface area contributed by atoms with Gasteiger partial charge >= 0.3 is 0 Å². The number of carbonyl (C=O) groups excluding carboxylic acids is 3. The second kappa shape index (κ2) is 4.60. The maximum atomic E-state index is 13.6. The minimum atomic E-state index is -1.29. The second-order valence-corrected chi connectivity index (χ2v) is 6.21. The molecular formula is C17H14FNO3. The number of para-hydroxylation sites is 1. The molecule has 4 unspecified atom stereocenters. The Labute approximate surface area is 126 Å². The minimum Gasteiger partial charge on any atom is -0.323 e. The molecule has 2 fully saturated rings. The third kappa shape index (κ3) is 1.71. The lowest BCUT2D eigenvalue weighted by Crippen LogP contribution is -2.33. The van der Waals surface area contributed by atoms with E-state index in [1.165, 1.54) is 18.2 Å². The molecule has 2 saturated carbocycles. The summed E-state index contributed by atoms with van der Waals surface area (Å²) in [5.74, 6) is -3.76. The predicted octanol–water partition coefficient (Wildman–Crippen LogP) is 1.97. The summed E-state index contributed by atoms with van der Waals surface area (Å²) < 4.78 is 13.6. The van der Waals surface area contributed by atoms with Crippen molar-refractivity contribution < 1.29 is 18.8 Å². The standard InChI is InChI=1S/C17H14FNO3/c18-10-3-1-2-4-11(10)19-17(22)14-15(20)12-8-5-6-9(7-8)13(12)16(14)21/h1-6,8-9,12-14H,7H2,(H,19,22). The fourth-order valence-electron chi connectivity index (χ4n) is 4.15. The Bertz CT molecular complexity index is 696. The van der Waals surface area contributed by atoms with Crippen molar-refractivity contribution in [3.63, 3.8) is 0 Å². The minimum absolute atomic E-state index is 0.00810. The van der Waals surface area contributed by atoms with Gasteiger partial charge in [0.1, 0.15) is 5.82 Å². The molecule has 112 valence electrons. The van der Waals surface area contributed by atoms with Crippen LogP contribution in [0.5, 0.6) is 0 Å². The smallest absolute Gasteiger partial charge is 0.242 e. The lowest BCUT2D eigenvalue weighted by molar-refractivity contribution is -0.136. The Balaban J connectivity index is 1.59. The number of amides is 1. The zero-order valence-corrected chi connectivity index (χ0v) is 11.7. The van der Waals surface area contributed by atoms with E-state index in [9.17, 15) is 18.8 Å². The Kier molecular flexibility index (Phi) is 2.79. The average molecular weight is 299 g/mol. The second-order valence-electron chi connectivity index (χ2n) is 6.21. The van der Waals surface area contributed by atoms with E-state index >= 15 is 0 Å². The average Bonchev–Trinajstić information content (AvgIpc) is 3.15. The highest BCUT2D eigenvalue weighted by Crippen LogP contribution is 2.53. The molecule has 0 saturated heterocycles. The molecule has 3 aliphatic rings. The van der Waals surface area contributed by atoms with Gasteiger partial charge in [-0.25, -0.2) is 4.39 Å². The molecule has 1 aromatic rings. The summed E-state index contributed by atoms with van der Waals surface area (Å²) in [6.45, 7) is 0. The van der Waals surface area contributed by atoms with Crippen molar-refractivity contribution in [3.8, 4) is 0 Å². The van der Waals surface area contributed by atoms with Crippen LogP contribution in [0.2, 0.25) is 0 Å². The first-order valence-electron chi connectivity index (χ1n) is 7.39. The Morgan fingerprint density at radius 1 is 1.05 bits per heavy atom. The molecule has 1 N–H and O–H groups in total. The Morgan fingerprint density at radius 3 is 2.23 bits per heavy atom. The molecule has 0 radical (unpaired) electrons. The number of hydrogen-bond donors (Lipinski definition) is 1. The molecule has 0 aromatic heterocycles. The summed E-state index contributed by atoms with van der Waals surface area (Å²) in [5, 5.41) is 2.38. The van der Waals surface area contributed by atoms with Crippen LogP contribution in [0.4, 0.5) is 10.1 Å². The zero-order chi connectivity index (χ0) is 15.4. The number of nitrogens with one attached hydrogen (secondary N) is 1. The van der Waals surface area contributed by atoms with Gasteiger partial charge in [-0.15, -0.1) is 0 Å². The number of allylic oxidation sites excluding steroid dienone is 2. The van der Waals surface area contributed by atoms with Crippen LogP contribution >= 0.6 is 0 Å². The van der Waals surface area contributed by atoms with Gasteiger partial charge in [0.15, 0.2) is 17.5 Å². The third-order valence-corrected chi connectivity index (χ3v) is 5.08. The summed E-state index contributed by atoms with van der Waals surface area (Å²) in [6, 6.07) is 5.70. The summed E-state index contributed by atoms with van der Waals surface area (Å²) in [4.78, 5) is 37.3. The van der Waals surface area contributed by atoms with Crippen LogP contribution in [-0.2, 0) is 14.4 Å². The van der Waals surface area contributed by atoms with Crippen LogP contribution in [-0.4, -0.2) is 17.5 Å². The molecule has 4 rings (SSSR count). The number of fused-ring (bicyclic) bond motifs is 5. The van der Waals surface area contributed by atoms with Crippen LogP contribution in [0, 0.1) is 35.4 Å². The number of halogens is 1. The lowest BCUT2D eigenvalue weighted by Gasteiger charge is -2.16. The summed E-state index contributed by atoms with van der Waals surface area (Å²) in [5.41, 5.74) is -0.00810. The van der Waals surface area contributed by atoms with Crippen LogP contribution in [0.1, 0.15) is 6.42 Å². The molecular weight excluding hydrogens is 285 g/mol. The summed E-state index contributed by atoms with van der Waals surface area (Å²) in [7, 11) is 0. The molecule has 2 bridgehead atoms. The van der Waals surface area contributed by atoms with Crippen molar-refractivity contribution in [1.29, 1.82) is 0 Å². The topological polar surface area (TPSA) is 63.2 Å². The predicted molar refractivity (Wildman–Crippen MR) is 76.3 cm³/mol. The quantitative estimate of drug-likeness (QED) is 0.671. The van der Waals surface area contributed by atoms with E-state index in [2.05, 4.69) is 5.32 Å². The summed E-state index contributed by atoms with van der Waals surface area (Å²) >= 11 is 0. The number of anilines is 1. The van der Waals surface area contributed by atoms with Gasteiger partial charge in [0.05, 0.1) is 5.69 Å². The summed E-state index contributed by atoms with van der Waals surface area (Å²) in [6.07, 6.45) is 4.79. The SMILES string of the molecule is O=C(Nc1ccccc1F)C1C(=O)C2C3C=CC(C3)C2C1=O. The molecule has 5 heteroatoms. The number of Topliss-reactive ketones (excluding diaryl/α,β-unsaturated/α-hetero) is 2. The largest absolute Gasteiger partial charge is 0.323 e. The highest BCUT2D eigenvalue weighted by Gasteiger charge is 2.61. The maximum absolute atomic E-state index is 13.6. The first-order chi connectivity index (χ1) is 10.6. The first-order valence-corrected chi connectivity index (χ1v) is 7.39. The van der Waals surface area contributed by atoms with Gasteiger partial charge in [-0.05, 0) is 30.4 Å². The third-order valence-electron chi connectivity index (χ3n) is 5.08. The van der Waals surface area contributed by atoms with E-state index in [0.717, 1.165) is 6.42 Å². The van der Waals surface area contributed by atoms with Gasteiger partial charge in [-0.1, -0.05) is 24.3 Å². The van der Waals surface area contributed by atoms with Crippen LogP contribution in [0.25, 0.3) is 0 Å². The van der Waals surface area contributed by atoms with Gasteiger partial charge in [0.2, 0.25) is 5.91 Å². The van der Waals surface area contributed by atoms with Crippen molar-refractivity contribution in [2.45, 2.75) is 6.42 Å². The van der Waals surface area contributed by atoms with Crippen LogP contribution < -0.4 is 5.32 Å². The van der Waals surface area contributed by atoms with Gasteiger partial charge in [0, 0.05) is 11.8 Å². The fraction of sp³-hybridized carbons (Fsp3) is 0.353. The number of benzene rings is 1. The van der Waals surface area contributed by atoms with Crippen molar-refractivity contribution in [3.05, 3.63) is 42.2 Å². The molecule has 0 aliphatic heterocycles. The van der Waals surface area contributed by atoms with Gasteiger partial charge in [-0.3, -0.25) is 14.4 Å². The molecule has 4 atom stereocenters.